The lowest BCUT2D eigenvalue weighted by Gasteiger charge is -2.23. The lowest BCUT2D eigenvalue weighted by Crippen LogP contribution is -2.43. The summed E-state index contributed by atoms with van der Waals surface area (Å²) in [6.45, 7) is 2.42. The quantitative estimate of drug-likeness (QED) is 0.763. The van der Waals surface area contributed by atoms with Crippen LogP contribution in [0.2, 0.25) is 0 Å². The summed E-state index contributed by atoms with van der Waals surface area (Å²) in [5.41, 5.74) is -0.271. The largest absolute Gasteiger partial charge is 0.376 e. The van der Waals surface area contributed by atoms with Gasteiger partial charge in [0.15, 0.2) is 5.72 Å². The molecule has 0 spiro atoms. The maximum atomic E-state index is 11.5. The Morgan fingerprint density at radius 3 is 2.93 bits per heavy atom. The third-order valence-electron chi connectivity index (χ3n) is 2.45. The monoisotopic (exact) mass is 207 g/mol. The van der Waals surface area contributed by atoms with Gasteiger partial charge in [0.05, 0.1) is 6.61 Å². The fourth-order valence-electron chi connectivity index (χ4n) is 1.73. The summed E-state index contributed by atoms with van der Waals surface area (Å²) in [5, 5.41) is 12.7. The van der Waals surface area contributed by atoms with Gasteiger partial charge < -0.3 is 15.2 Å². The average molecular weight is 207 g/mol. The highest BCUT2D eigenvalue weighted by atomic mass is 16.5. The van der Waals surface area contributed by atoms with E-state index in [2.05, 4.69) is 5.32 Å². The zero-order valence-electron chi connectivity index (χ0n) is 8.49. The van der Waals surface area contributed by atoms with Crippen molar-refractivity contribution in [3.63, 3.8) is 0 Å². The van der Waals surface area contributed by atoms with Gasteiger partial charge in [-0.15, -0.1) is 0 Å². The molecule has 4 heteroatoms. The number of ether oxygens (including phenoxy) is 1. The highest BCUT2D eigenvalue weighted by Gasteiger charge is 2.41. The molecule has 0 saturated heterocycles. The summed E-state index contributed by atoms with van der Waals surface area (Å²) in [6, 6.07) is 6.97. The first kappa shape index (κ1) is 10.1. The van der Waals surface area contributed by atoms with Gasteiger partial charge in [-0.1, -0.05) is 18.2 Å². The lowest BCUT2D eigenvalue weighted by molar-refractivity contribution is -0.0601. The van der Waals surface area contributed by atoms with Crippen molar-refractivity contribution >= 4 is 5.91 Å². The number of carbonyl (C=O) groups excluding carboxylic acids is 1. The maximum Gasteiger partial charge on any atom is 0.254 e. The van der Waals surface area contributed by atoms with Crippen LogP contribution in [0.4, 0.5) is 0 Å². The van der Waals surface area contributed by atoms with Crippen LogP contribution in [0, 0.1) is 0 Å². The summed E-state index contributed by atoms with van der Waals surface area (Å²) in [5.74, 6) is -0.257. The molecule has 1 aliphatic heterocycles. The number of fused-ring (bicyclic) bond motifs is 1. The number of benzene rings is 1. The van der Waals surface area contributed by atoms with E-state index in [0.29, 0.717) is 17.7 Å². The Bertz CT molecular complexity index is 391. The molecular weight excluding hydrogens is 194 g/mol. The second-order valence-corrected chi connectivity index (χ2v) is 3.50. The second-order valence-electron chi connectivity index (χ2n) is 3.50. The van der Waals surface area contributed by atoms with Gasteiger partial charge in [-0.3, -0.25) is 4.79 Å². The van der Waals surface area contributed by atoms with Crippen molar-refractivity contribution in [2.75, 3.05) is 13.2 Å². The molecule has 1 atom stereocenters. The Morgan fingerprint density at radius 1 is 1.47 bits per heavy atom. The number of carbonyl (C=O) groups is 1. The maximum absolute atomic E-state index is 11.5. The molecule has 1 unspecified atom stereocenters. The van der Waals surface area contributed by atoms with Gasteiger partial charge in [0.1, 0.15) is 0 Å². The highest BCUT2D eigenvalue weighted by molar-refractivity contribution is 5.99. The first-order valence-corrected chi connectivity index (χ1v) is 4.89. The minimum atomic E-state index is -1.37. The summed E-state index contributed by atoms with van der Waals surface area (Å²) < 4.78 is 5.16. The summed E-state index contributed by atoms with van der Waals surface area (Å²) in [7, 11) is 0. The van der Waals surface area contributed by atoms with E-state index in [1.807, 2.05) is 6.92 Å². The number of rotatable bonds is 3. The first-order valence-electron chi connectivity index (χ1n) is 4.89. The highest BCUT2D eigenvalue weighted by Crippen LogP contribution is 2.28. The molecule has 1 aromatic carbocycles. The van der Waals surface area contributed by atoms with E-state index in [9.17, 15) is 9.90 Å². The molecule has 1 aromatic rings. The van der Waals surface area contributed by atoms with Crippen LogP contribution in [0.15, 0.2) is 24.3 Å². The molecule has 0 radical (unpaired) electrons. The van der Waals surface area contributed by atoms with E-state index in [1.165, 1.54) is 0 Å². The Labute approximate surface area is 87.9 Å². The standard InChI is InChI=1S/C11H13NO3/c1-2-15-7-11(14)9-6-4-3-5-8(9)10(13)12-11/h3-6,14H,2,7H2,1H3,(H,12,13). The average Bonchev–Trinajstić information content (AvgIpc) is 2.50. The third-order valence-corrected chi connectivity index (χ3v) is 2.45. The van der Waals surface area contributed by atoms with Gasteiger partial charge in [0.25, 0.3) is 5.91 Å². The van der Waals surface area contributed by atoms with Crippen LogP contribution in [0.1, 0.15) is 22.8 Å². The number of amides is 1. The number of aliphatic hydroxyl groups is 1. The van der Waals surface area contributed by atoms with Crippen molar-refractivity contribution in [3.8, 4) is 0 Å². The van der Waals surface area contributed by atoms with Gasteiger partial charge in [-0.25, -0.2) is 0 Å². The van der Waals surface area contributed by atoms with Crippen molar-refractivity contribution < 1.29 is 14.6 Å². The van der Waals surface area contributed by atoms with Gasteiger partial charge in [0, 0.05) is 17.7 Å². The van der Waals surface area contributed by atoms with Gasteiger partial charge in [0.2, 0.25) is 0 Å². The van der Waals surface area contributed by atoms with Crippen LogP contribution >= 0.6 is 0 Å². The summed E-state index contributed by atoms with van der Waals surface area (Å²) in [6.07, 6.45) is 0. The van der Waals surface area contributed by atoms with E-state index in [0.717, 1.165) is 0 Å². The van der Waals surface area contributed by atoms with E-state index in [1.54, 1.807) is 24.3 Å². The first-order chi connectivity index (χ1) is 7.17. The van der Waals surface area contributed by atoms with Crippen molar-refractivity contribution in [2.24, 2.45) is 0 Å². The number of hydrogen-bond donors (Lipinski definition) is 2. The van der Waals surface area contributed by atoms with Crippen molar-refractivity contribution in [2.45, 2.75) is 12.6 Å². The Morgan fingerprint density at radius 2 is 2.20 bits per heavy atom. The predicted octanol–water partition coefficient (Wildman–Crippen LogP) is 0.612. The van der Waals surface area contributed by atoms with Gasteiger partial charge in [-0.05, 0) is 13.0 Å². The van der Waals surface area contributed by atoms with Gasteiger partial charge in [-0.2, -0.15) is 0 Å². The molecule has 0 fully saturated rings. The van der Waals surface area contributed by atoms with Crippen LogP contribution < -0.4 is 5.32 Å². The molecule has 80 valence electrons. The summed E-state index contributed by atoms with van der Waals surface area (Å²) in [4.78, 5) is 11.5. The molecule has 1 amide bonds. The zero-order chi connectivity index (χ0) is 10.9. The van der Waals surface area contributed by atoms with Crippen LogP contribution in [-0.2, 0) is 10.5 Å². The molecule has 0 bridgehead atoms. The zero-order valence-corrected chi connectivity index (χ0v) is 8.49. The molecule has 0 aliphatic carbocycles. The van der Waals surface area contributed by atoms with E-state index < -0.39 is 5.72 Å². The normalized spacial score (nSPS) is 23.7. The van der Waals surface area contributed by atoms with Crippen LogP contribution in [0.3, 0.4) is 0 Å². The fraction of sp³-hybridized carbons (Fsp3) is 0.364. The smallest absolute Gasteiger partial charge is 0.254 e. The minimum Gasteiger partial charge on any atom is -0.376 e. The van der Waals surface area contributed by atoms with Crippen LogP contribution in [-0.4, -0.2) is 24.2 Å². The van der Waals surface area contributed by atoms with Gasteiger partial charge >= 0.3 is 0 Å². The van der Waals surface area contributed by atoms with Crippen molar-refractivity contribution in [3.05, 3.63) is 35.4 Å². The molecular formula is C11H13NO3. The van der Waals surface area contributed by atoms with Crippen LogP contribution in [0.5, 0.6) is 0 Å². The third kappa shape index (κ3) is 1.62. The second kappa shape index (κ2) is 3.64. The number of nitrogens with one attached hydrogen (secondary N) is 1. The van der Waals surface area contributed by atoms with Crippen LogP contribution in [0.25, 0.3) is 0 Å². The molecule has 4 nitrogen and oxygen atoms in total. The van der Waals surface area contributed by atoms with Crippen molar-refractivity contribution in [1.82, 2.24) is 5.32 Å². The molecule has 2 rings (SSSR count). The van der Waals surface area contributed by atoms with E-state index >= 15 is 0 Å². The van der Waals surface area contributed by atoms with E-state index in [4.69, 9.17) is 4.74 Å². The molecule has 15 heavy (non-hydrogen) atoms. The Balaban J connectivity index is 2.34. The Kier molecular flexibility index (Phi) is 2.46. The molecule has 0 saturated carbocycles. The minimum absolute atomic E-state index is 0.0756. The molecule has 0 aromatic heterocycles. The lowest BCUT2D eigenvalue weighted by atomic mass is 10.0. The SMILES string of the molecule is CCOCC1(O)NC(=O)c2ccccc21. The molecule has 1 heterocycles. The topological polar surface area (TPSA) is 58.6 Å². The van der Waals surface area contributed by atoms with Crippen molar-refractivity contribution in [1.29, 1.82) is 0 Å². The Hall–Kier alpha value is -1.39. The fourth-order valence-corrected chi connectivity index (χ4v) is 1.73. The van der Waals surface area contributed by atoms with E-state index in [-0.39, 0.29) is 12.5 Å². The molecule has 2 N–H and O–H groups in total. The predicted molar refractivity (Wildman–Crippen MR) is 54.3 cm³/mol. The summed E-state index contributed by atoms with van der Waals surface area (Å²) >= 11 is 0. The number of hydrogen-bond acceptors (Lipinski definition) is 3. The molecule has 1 aliphatic rings.